The molecule has 1 saturated carbocycles. The number of hydrogen-bond acceptors (Lipinski definition) is 2. The van der Waals surface area contributed by atoms with Gasteiger partial charge < -0.3 is 10.2 Å². The minimum atomic E-state index is 0.334. The highest BCUT2D eigenvalue weighted by molar-refractivity contribution is 5.00. The van der Waals surface area contributed by atoms with Gasteiger partial charge in [-0.05, 0) is 46.3 Å². The number of hydrogen-bond donors (Lipinski definition) is 1. The van der Waals surface area contributed by atoms with Crippen LogP contribution in [-0.4, -0.2) is 37.1 Å². The second-order valence-corrected chi connectivity index (χ2v) is 6.12. The molecule has 2 heteroatoms. The fraction of sp³-hybridized carbons (Fsp3) is 0.882. The Morgan fingerprint density at radius 2 is 1.84 bits per heavy atom. The van der Waals surface area contributed by atoms with Crippen molar-refractivity contribution >= 4 is 0 Å². The summed E-state index contributed by atoms with van der Waals surface area (Å²) in [6.07, 6.45) is 16.9. The van der Waals surface area contributed by atoms with Crippen molar-refractivity contribution in [3.05, 3.63) is 0 Å². The molecule has 1 aliphatic carbocycles. The van der Waals surface area contributed by atoms with E-state index in [0.29, 0.717) is 11.6 Å². The van der Waals surface area contributed by atoms with E-state index in [1.165, 1.54) is 44.9 Å². The summed E-state index contributed by atoms with van der Waals surface area (Å²) in [7, 11) is 4.52. The van der Waals surface area contributed by atoms with Crippen LogP contribution >= 0.6 is 0 Å². The summed E-state index contributed by atoms with van der Waals surface area (Å²) in [6.45, 7) is 3.27. The molecule has 2 nitrogen and oxygen atoms in total. The van der Waals surface area contributed by atoms with Crippen molar-refractivity contribution in [2.75, 3.05) is 20.6 Å². The number of unbranched alkanes of at least 4 members (excludes halogenated alkanes) is 1. The molecule has 0 aliphatic heterocycles. The van der Waals surface area contributed by atoms with Gasteiger partial charge in [0.25, 0.3) is 0 Å². The van der Waals surface area contributed by atoms with Crippen LogP contribution in [0.5, 0.6) is 0 Å². The molecule has 0 heterocycles. The first-order valence-electron chi connectivity index (χ1n) is 8.01. The molecule has 0 aromatic heterocycles. The molecule has 0 bridgehead atoms. The fourth-order valence-corrected chi connectivity index (χ4v) is 3.66. The van der Waals surface area contributed by atoms with Gasteiger partial charge in [0.1, 0.15) is 0 Å². The predicted molar refractivity (Wildman–Crippen MR) is 84.3 cm³/mol. The maximum atomic E-state index is 5.40. The molecule has 0 radical (unpaired) electrons. The van der Waals surface area contributed by atoms with E-state index in [9.17, 15) is 0 Å². The minimum absolute atomic E-state index is 0.334. The molecule has 0 saturated heterocycles. The minimum Gasteiger partial charge on any atom is -0.312 e. The Morgan fingerprint density at radius 3 is 2.32 bits per heavy atom. The van der Waals surface area contributed by atoms with Crippen molar-refractivity contribution in [3.8, 4) is 12.3 Å². The molecule has 1 N–H and O–H groups in total. The monoisotopic (exact) mass is 264 g/mol. The van der Waals surface area contributed by atoms with Crippen molar-refractivity contribution in [2.45, 2.75) is 76.3 Å². The van der Waals surface area contributed by atoms with E-state index in [4.69, 9.17) is 6.42 Å². The van der Waals surface area contributed by atoms with E-state index < -0.39 is 0 Å². The standard InChI is InChI=1S/C17H32N2/c1-5-7-10-13-16(18-6-2)17(19(3)4)14-11-8-9-12-15-17/h1,16,18H,6-15H2,2-4H3. The van der Waals surface area contributed by atoms with Gasteiger partial charge in [-0.2, -0.15) is 0 Å². The number of terminal acetylenes is 1. The zero-order valence-corrected chi connectivity index (χ0v) is 13.2. The first kappa shape index (κ1) is 16.5. The van der Waals surface area contributed by atoms with E-state index in [1.807, 2.05) is 0 Å². The quantitative estimate of drug-likeness (QED) is 0.430. The van der Waals surface area contributed by atoms with Gasteiger partial charge in [0.2, 0.25) is 0 Å². The van der Waals surface area contributed by atoms with Gasteiger partial charge in [0, 0.05) is 18.0 Å². The number of nitrogens with zero attached hydrogens (tertiary/aromatic N) is 1. The van der Waals surface area contributed by atoms with Crippen LogP contribution in [0.25, 0.3) is 0 Å². The van der Waals surface area contributed by atoms with E-state index >= 15 is 0 Å². The highest BCUT2D eigenvalue weighted by Gasteiger charge is 2.39. The summed E-state index contributed by atoms with van der Waals surface area (Å²) in [4.78, 5) is 2.49. The summed E-state index contributed by atoms with van der Waals surface area (Å²) >= 11 is 0. The van der Waals surface area contributed by atoms with Crippen LogP contribution in [0.2, 0.25) is 0 Å². The molecule has 1 fully saturated rings. The normalized spacial score (nSPS) is 20.8. The smallest absolute Gasteiger partial charge is 0.0356 e. The predicted octanol–water partition coefficient (Wildman–Crippen LogP) is 3.42. The Kier molecular flexibility index (Phi) is 7.49. The molecule has 0 spiro atoms. The van der Waals surface area contributed by atoms with E-state index in [2.05, 4.69) is 37.2 Å². The van der Waals surface area contributed by atoms with E-state index in [1.54, 1.807) is 0 Å². The lowest BCUT2D eigenvalue weighted by molar-refractivity contribution is 0.0762. The van der Waals surface area contributed by atoms with Gasteiger partial charge in [-0.1, -0.05) is 32.6 Å². The van der Waals surface area contributed by atoms with Crippen molar-refractivity contribution in [1.29, 1.82) is 0 Å². The average Bonchev–Trinajstić information content (AvgIpc) is 2.64. The second-order valence-electron chi connectivity index (χ2n) is 6.12. The summed E-state index contributed by atoms with van der Waals surface area (Å²) in [5.74, 6) is 2.78. The Morgan fingerprint density at radius 1 is 1.21 bits per heavy atom. The summed E-state index contributed by atoms with van der Waals surface area (Å²) in [5, 5.41) is 3.75. The van der Waals surface area contributed by atoms with Gasteiger partial charge in [-0.3, -0.25) is 0 Å². The Balaban J connectivity index is 2.80. The van der Waals surface area contributed by atoms with Crippen LogP contribution in [0, 0.1) is 12.3 Å². The number of nitrogens with one attached hydrogen (secondary N) is 1. The van der Waals surface area contributed by atoms with Gasteiger partial charge >= 0.3 is 0 Å². The van der Waals surface area contributed by atoms with Crippen molar-refractivity contribution in [3.63, 3.8) is 0 Å². The van der Waals surface area contributed by atoms with Crippen LogP contribution in [0.3, 0.4) is 0 Å². The summed E-state index contributed by atoms with van der Waals surface area (Å²) < 4.78 is 0. The lowest BCUT2D eigenvalue weighted by atomic mass is 9.79. The molecular formula is C17H32N2. The fourth-order valence-electron chi connectivity index (χ4n) is 3.66. The maximum Gasteiger partial charge on any atom is 0.0356 e. The molecule has 19 heavy (non-hydrogen) atoms. The van der Waals surface area contributed by atoms with Crippen molar-refractivity contribution in [1.82, 2.24) is 10.2 Å². The Bertz CT molecular complexity index is 269. The highest BCUT2D eigenvalue weighted by atomic mass is 15.2. The highest BCUT2D eigenvalue weighted by Crippen LogP contribution is 2.35. The van der Waals surface area contributed by atoms with Crippen LogP contribution in [0.4, 0.5) is 0 Å². The molecular weight excluding hydrogens is 232 g/mol. The Labute approximate surface area is 120 Å². The first-order chi connectivity index (χ1) is 9.17. The summed E-state index contributed by atoms with van der Waals surface area (Å²) in [5.41, 5.74) is 0.334. The van der Waals surface area contributed by atoms with Crippen LogP contribution in [0.15, 0.2) is 0 Å². The lowest BCUT2D eigenvalue weighted by Gasteiger charge is -2.46. The maximum absolute atomic E-state index is 5.40. The Hall–Kier alpha value is -0.520. The van der Waals surface area contributed by atoms with Gasteiger partial charge in [0.15, 0.2) is 0 Å². The third-order valence-electron chi connectivity index (χ3n) is 4.77. The molecule has 0 aromatic rings. The molecule has 110 valence electrons. The third-order valence-corrected chi connectivity index (χ3v) is 4.77. The van der Waals surface area contributed by atoms with Gasteiger partial charge in [0.05, 0.1) is 0 Å². The first-order valence-corrected chi connectivity index (χ1v) is 8.01. The van der Waals surface area contributed by atoms with Crippen molar-refractivity contribution in [2.24, 2.45) is 0 Å². The molecule has 0 aromatic carbocycles. The SMILES string of the molecule is C#CCCCC(NCC)C1(N(C)C)CCCCCC1. The average molecular weight is 264 g/mol. The molecule has 1 rings (SSSR count). The molecule has 1 aliphatic rings. The van der Waals surface area contributed by atoms with Crippen LogP contribution < -0.4 is 5.32 Å². The third kappa shape index (κ3) is 4.51. The molecule has 1 atom stereocenters. The van der Waals surface area contributed by atoms with Crippen molar-refractivity contribution < 1.29 is 0 Å². The topological polar surface area (TPSA) is 15.3 Å². The zero-order chi connectivity index (χ0) is 14.1. The van der Waals surface area contributed by atoms with Gasteiger partial charge in [-0.25, -0.2) is 0 Å². The lowest BCUT2D eigenvalue weighted by Crippen LogP contribution is -2.58. The van der Waals surface area contributed by atoms with Crippen LogP contribution in [-0.2, 0) is 0 Å². The number of rotatable bonds is 7. The van der Waals surface area contributed by atoms with E-state index in [0.717, 1.165) is 19.4 Å². The second kappa shape index (κ2) is 8.61. The molecule has 1 unspecified atom stereocenters. The number of likely N-dealkylation sites (N-methyl/N-ethyl adjacent to an activating group) is 2. The zero-order valence-electron chi connectivity index (χ0n) is 13.2. The van der Waals surface area contributed by atoms with Gasteiger partial charge in [-0.15, -0.1) is 12.3 Å². The summed E-state index contributed by atoms with van der Waals surface area (Å²) in [6, 6.07) is 0.582. The largest absolute Gasteiger partial charge is 0.312 e. The molecule has 0 amide bonds. The van der Waals surface area contributed by atoms with E-state index in [-0.39, 0.29) is 0 Å². The van der Waals surface area contributed by atoms with Crippen LogP contribution in [0.1, 0.15) is 64.7 Å².